The second-order valence-corrected chi connectivity index (χ2v) is 9.47. The number of piperazine rings is 1. The van der Waals surface area contributed by atoms with E-state index in [0.29, 0.717) is 0 Å². The van der Waals surface area contributed by atoms with Crippen molar-refractivity contribution in [3.05, 3.63) is 77.8 Å². The van der Waals surface area contributed by atoms with E-state index in [-0.39, 0.29) is 54.5 Å². The van der Waals surface area contributed by atoms with E-state index >= 15 is 4.39 Å². The van der Waals surface area contributed by atoms with Crippen molar-refractivity contribution in [1.29, 1.82) is 5.26 Å². The molecule has 0 N–H and O–H groups in total. The summed E-state index contributed by atoms with van der Waals surface area (Å²) in [7, 11) is 1.25. The van der Waals surface area contributed by atoms with Crippen LogP contribution < -0.4 is 9.64 Å². The van der Waals surface area contributed by atoms with Crippen LogP contribution >= 0.6 is 0 Å². The quantitative estimate of drug-likeness (QED) is 0.221. The zero-order valence-corrected chi connectivity index (χ0v) is 22.5. The van der Waals surface area contributed by atoms with Crippen LogP contribution in [0.3, 0.4) is 0 Å². The van der Waals surface area contributed by atoms with Crippen molar-refractivity contribution in [2.75, 3.05) is 31.6 Å². The molecule has 220 valence electrons. The number of amides is 1. The molecule has 0 saturated carbocycles. The lowest BCUT2D eigenvalue weighted by atomic mass is 10.0. The number of anilines is 1. The van der Waals surface area contributed by atoms with E-state index in [9.17, 15) is 27.6 Å². The Morgan fingerprint density at radius 3 is 2.60 bits per heavy atom. The fourth-order valence-corrected chi connectivity index (χ4v) is 4.86. The summed E-state index contributed by atoms with van der Waals surface area (Å²) in [5.41, 5.74) is -2.17. The molecular formula is C29H22F5N7O2. The number of alkyl halides is 3. The van der Waals surface area contributed by atoms with Gasteiger partial charge in [-0.25, -0.2) is 8.78 Å². The number of pyridine rings is 2. The summed E-state index contributed by atoms with van der Waals surface area (Å²) < 4.78 is 76.9. The molecule has 9 nitrogen and oxygen atoms in total. The largest absolute Gasteiger partial charge is 0.467 e. The first-order chi connectivity index (χ1) is 20.6. The average molecular weight is 596 g/mol. The molecule has 1 aliphatic heterocycles. The predicted octanol–water partition coefficient (Wildman–Crippen LogP) is 5.19. The van der Waals surface area contributed by atoms with E-state index in [1.165, 1.54) is 42.6 Å². The number of nitriles is 1. The van der Waals surface area contributed by atoms with Gasteiger partial charge in [0, 0.05) is 43.7 Å². The van der Waals surface area contributed by atoms with E-state index in [1.807, 2.05) is 6.07 Å². The number of aromatic nitrogens is 4. The Morgan fingerprint density at radius 2 is 1.91 bits per heavy atom. The number of halogens is 5. The highest BCUT2D eigenvalue weighted by molar-refractivity contribution is 5.96. The number of carbonyl (C=O) groups is 1. The van der Waals surface area contributed by atoms with E-state index < -0.39 is 46.6 Å². The molecule has 0 aliphatic carbocycles. The number of hydrogen-bond acceptors (Lipinski definition) is 8. The third-order valence-corrected chi connectivity index (χ3v) is 6.85. The number of ether oxygens (including phenoxy) is 1. The summed E-state index contributed by atoms with van der Waals surface area (Å²) in [4.78, 5) is 32.3. The van der Waals surface area contributed by atoms with Gasteiger partial charge in [-0.1, -0.05) is 24.3 Å². The Labute approximate surface area is 241 Å². The lowest BCUT2D eigenvalue weighted by Gasteiger charge is -2.41. The molecule has 1 fully saturated rings. The zero-order chi connectivity index (χ0) is 30.7. The van der Waals surface area contributed by atoms with E-state index in [4.69, 9.17) is 4.74 Å². The second kappa shape index (κ2) is 12.0. The topological polar surface area (TPSA) is 108 Å². The van der Waals surface area contributed by atoms with Crippen LogP contribution in [0.1, 0.15) is 17.7 Å². The highest BCUT2D eigenvalue weighted by atomic mass is 19.4. The fourth-order valence-electron chi connectivity index (χ4n) is 4.86. The fraction of sp³-hybridized carbons (Fsp3) is 0.241. The third-order valence-electron chi connectivity index (χ3n) is 6.85. The number of carbonyl (C=O) groups excluding carboxylic acids is 1. The number of nitrogens with zero attached hydrogens (tertiary/aromatic N) is 7. The van der Waals surface area contributed by atoms with Crippen molar-refractivity contribution < 1.29 is 31.5 Å². The number of benzene rings is 1. The maximum absolute atomic E-state index is 15.9. The molecule has 3 aromatic heterocycles. The van der Waals surface area contributed by atoms with Crippen LogP contribution in [0.2, 0.25) is 0 Å². The predicted molar refractivity (Wildman–Crippen MR) is 146 cm³/mol. The van der Waals surface area contributed by atoms with Crippen molar-refractivity contribution in [1.82, 2.24) is 24.8 Å². The number of methoxy groups -OCH3 is 1. The first-order valence-corrected chi connectivity index (χ1v) is 12.9. The standard InChI is InChI=1S/C29H22F5N7O2/c1-43-28-38-25-20(15-37-24(23(25)31)19-7-2-3-8-21(19)29(32,33)34)26(39-28)40-12-13-41(18(16-40)9-10-35)27(42)22(30)14-17-6-4-5-11-36-17/h2-8,11,14-15,18H,9,12-13,16H2,1H3/b22-14-. The van der Waals surface area contributed by atoms with Crippen molar-refractivity contribution in [3.63, 3.8) is 0 Å². The van der Waals surface area contributed by atoms with Gasteiger partial charge in [0.05, 0.1) is 42.3 Å². The molecule has 1 aromatic carbocycles. The van der Waals surface area contributed by atoms with Crippen LogP contribution in [0, 0.1) is 17.1 Å². The van der Waals surface area contributed by atoms with Crippen molar-refractivity contribution in [2.24, 2.45) is 0 Å². The summed E-state index contributed by atoms with van der Waals surface area (Å²) in [5, 5.41) is 9.52. The lowest BCUT2D eigenvalue weighted by molar-refractivity contribution is -0.137. The van der Waals surface area contributed by atoms with Crippen LogP contribution in [-0.4, -0.2) is 63.5 Å². The first-order valence-electron chi connectivity index (χ1n) is 12.9. The van der Waals surface area contributed by atoms with Gasteiger partial charge in [0.1, 0.15) is 17.0 Å². The second-order valence-electron chi connectivity index (χ2n) is 9.47. The molecule has 1 amide bonds. The Morgan fingerprint density at radius 1 is 1.14 bits per heavy atom. The van der Waals surface area contributed by atoms with Crippen LogP contribution in [0.25, 0.3) is 28.2 Å². The molecular weight excluding hydrogens is 573 g/mol. The van der Waals surface area contributed by atoms with Crippen molar-refractivity contribution in [3.8, 4) is 23.3 Å². The van der Waals surface area contributed by atoms with Gasteiger partial charge in [-0.15, -0.1) is 0 Å². The van der Waals surface area contributed by atoms with Crippen LogP contribution in [0.15, 0.2) is 60.7 Å². The Bertz CT molecular complexity index is 1740. The first kappa shape index (κ1) is 29.3. The molecule has 5 rings (SSSR count). The number of fused-ring (bicyclic) bond motifs is 1. The van der Waals surface area contributed by atoms with Gasteiger partial charge in [-0.05, 0) is 18.2 Å². The number of hydrogen-bond donors (Lipinski definition) is 0. The molecule has 0 bridgehead atoms. The third kappa shape index (κ3) is 5.92. The van der Waals surface area contributed by atoms with Crippen LogP contribution in [0.5, 0.6) is 6.01 Å². The highest BCUT2D eigenvalue weighted by Gasteiger charge is 2.36. The van der Waals surface area contributed by atoms with Crippen LogP contribution in [0.4, 0.5) is 27.8 Å². The van der Waals surface area contributed by atoms with Gasteiger partial charge in [0.2, 0.25) is 0 Å². The van der Waals surface area contributed by atoms with E-state index in [2.05, 4.69) is 19.9 Å². The molecule has 4 heterocycles. The minimum Gasteiger partial charge on any atom is -0.467 e. The van der Waals surface area contributed by atoms with E-state index in [0.717, 1.165) is 18.2 Å². The summed E-state index contributed by atoms with van der Waals surface area (Å²) in [6.07, 6.45) is -1.28. The average Bonchev–Trinajstić information content (AvgIpc) is 3.00. The molecule has 0 radical (unpaired) electrons. The van der Waals surface area contributed by atoms with Crippen LogP contribution in [-0.2, 0) is 11.0 Å². The maximum Gasteiger partial charge on any atom is 0.417 e. The lowest BCUT2D eigenvalue weighted by Crippen LogP contribution is -2.55. The van der Waals surface area contributed by atoms with Gasteiger partial charge in [-0.2, -0.15) is 28.4 Å². The molecule has 1 saturated heterocycles. The molecule has 1 unspecified atom stereocenters. The molecule has 43 heavy (non-hydrogen) atoms. The maximum atomic E-state index is 15.9. The van der Waals surface area contributed by atoms with E-state index in [1.54, 1.807) is 17.0 Å². The smallest absolute Gasteiger partial charge is 0.417 e. The Kier molecular flexibility index (Phi) is 8.16. The van der Waals surface area contributed by atoms with Crippen molar-refractivity contribution in [2.45, 2.75) is 18.6 Å². The highest BCUT2D eigenvalue weighted by Crippen LogP contribution is 2.39. The van der Waals surface area contributed by atoms with Gasteiger partial charge in [-0.3, -0.25) is 14.8 Å². The molecule has 1 atom stereocenters. The summed E-state index contributed by atoms with van der Waals surface area (Å²) in [5.74, 6) is -2.96. The molecule has 4 aromatic rings. The van der Waals surface area contributed by atoms with Gasteiger partial charge >= 0.3 is 12.2 Å². The zero-order valence-electron chi connectivity index (χ0n) is 22.5. The van der Waals surface area contributed by atoms with Gasteiger partial charge < -0.3 is 14.5 Å². The normalized spacial score (nSPS) is 15.8. The van der Waals surface area contributed by atoms with Gasteiger partial charge in [0.15, 0.2) is 11.6 Å². The molecule has 14 heteroatoms. The monoisotopic (exact) mass is 595 g/mol. The molecule has 1 aliphatic rings. The van der Waals surface area contributed by atoms with Gasteiger partial charge in [0.25, 0.3) is 5.91 Å². The SMILES string of the molecule is COc1nc(N2CCN(C(=O)/C(F)=C/c3ccccn3)C(CC#N)C2)c2cnc(-c3ccccc3C(F)(F)F)c(F)c2n1. The minimum absolute atomic E-state index is 0.00567. The van der Waals surface area contributed by atoms with Crippen molar-refractivity contribution >= 4 is 28.7 Å². The Hall–Kier alpha value is -5.19. The Balaban J connectivity index is 1.51. The summed E-state index contributed by atoms with van der Waals surface area (Å²) in [6.45, 7) is 0.0845. The molecule has 0 spiro atoms. The summed E-state index contributed by atoms with van der Waals surface area (Å²) in [6, 6.07) is 10.3. The minimum atomic E-state index is -4.76. The summed E-state index contributed by atoms with van der Waals surface area (Å²) >= 11 is 0. The number of rotatable bonds is 6.